The number of thiophene rings is 2. The highest BCUT2D eigenvalue weighted by Crippen LogP contribution is 2.13. The molecule has 0 unspecified atom stereocenters. The van der Waals surface area contributed by atoms with Crippen LogP contribution in [-0.2, 0) is 13.0 Å². The zero-order valence-electron chi connectivity index (χ0n) is 8.82. The molecule has 1 nitrogen and oxygen atoms in total. The van der Waals surface area contributed by atoms with Gasteiger partial charge in [0.1, 0.15) is 0 Å². The summed E-state index contributed by atoms with van der Waals surface area (Å²) < 4.78 is 0. The average molecular weight is 237 g/mol. The second-order valence-electron chi connectivity index (χ2n) is 3.59. The second kappa shape index (κ2) is 5.45. The topological polar surface area (TPSA) is 12.0 Å². The molecule has 0 saturated carbocycles. The molecule has 0 atom stereocenters. The van der Waals surface area contributed by atoms with Crippen molar-refractivity contribution >= 4 is 22.7 Å². The van der Waals surface area contributed by atoms with Crippen LogP contribution in [-0.4, -0.2) is 6.54 Å². The highest BCUT2D eigenvalue weighted by molar-refractivity contribution is 7.09. The number of aryl methyl sites for hydroxylation is 1. The van der Waals surface area contributed by atoms with E-state index in [4.69, 9.17) is 0 Å². The lowest BCUT2D eigenvalue weighted by Gasteiger charge is -2.03. The van der Waals surface area contributed by atoms with Gasteiger partial charge in [0.2, 0.25) is 0 Å². The summed E-state index contributed by atoms with van der Waals surface area (Å²) in [5, 5.41) is 10.1. The molecule has 1 N–H and O–H groups in total. The Bertz CT molecular complexity index is 389. The van der Waals surface area contributed by atoms with E-state index in [0.29, 0.717) is 0 Å². The molecule has 0 aliphatic carbocycles. The summed E-state index contributed by atoms with van der Waals surface area (Å²) in [4.78, 5) is 1.46. The van der Waals surface area contributed by atoms with Crippen LogP contribution in [0.4, 0.5) is 0 Å². The number of nitrogens with one attached hydrogen (secondary N) is 1. The number of rotatable bonds is 5. The van der Waals surface area contributed by atoms with Gasteiger partial charge in [0, 0.05) is 18.0 Å². The minimum Gasteiger partial charge on any atom is -0.312 e. The summed E-state index contributed by atoms with van der Waals surface area (Å²) in [6.07, 6.45) is 1.14. The zero-order valence-corrected chi connectivity index (χ0v) is 10.5. The van der Waals surface area contributed by atoms with Crippen LogP contribution >= 0.6 is 22.7 Å². The zero-order chi connectivity index (χ0) is 10.5. The second-order valence-corrected chi connectivity index (χ2v) is 5.36. The van der Waals surface area contributed by atoms with Gasteiger partial charge in [-0.3, -0.25) is 0 Å². The van der Waals surface area contributed by atoms with Crippen LogP contribution in [0.25, 0.3) is 0 Å². The van der Waals surface area contributed by atoms with Crippen molar-refractivity contribution in [1.82, 2.24) is 5.32 Å². The van der Waals surface area contributed by atoms with Crippen molar-refractivity contribution in [3.05, 3.63) is 44.3 Å². The fourth-order valence-electron chi connectivity index (χ4n) is 1.46. The molecule has 0 spiro atoms. The van der Waals surface area contributed by atoms with Crippen molar-refractivity contribution in [2.75, 3.05) is 6.54 Å². The van der Waals surface area contributed by atoms with Crippen LogP contribution in [0.1, 0.15) is 16.0 Å². The first-order valence-electron chi connectivity index (χ1n) is 5.11. The van der Waals surface area contributed by atoms with Crippen LogP contribution in [0.3, 0.4) is 0 Å². The van der Waals surface area contributed by atoms with Crippen LogP contribution in [0, 0.1) is 6.92 Å². The summed E-state index contributed by atoms with van der Waals surface area (Å²) in [6, 6.07) is 4.31. The van der Waals surface area contributed by atoms with Gasteiger partial charge >= 0.3 is 0 Å². The van der Waals surface area contributed by atoms with E-state index in [1.54, 1.807) is 11.3 Å². The largest absolute Gasteiger partial charge is 0.312 e. The molecule has 0 aromatic carbocycles. The summed E-state index contributed by atoms with van der Waals surface area (Å²) >= 11 is 3.62. The Morgan fingerprint density at radius 3 is 2.93 bits per heavy atom. The van der Waals surface area contributed by atoms with Crippen molar-refractivity contribution < 1.29 is 0 Å². The maximum absolute atomic E-state index is 3.48. The Kier molecular flexibility index (Phi) is 3.94. The lowest BCUT2D eigenvalue weighted by Crippen LogP contribution is -2.16. The van der Waals surface area contributed by atoms with Gasteiger partial charge < -0.3 is 5.32 Å². The Morgan fingerprint density at radius 2 is 2.27 bits per heavy atom. The highest BCUT2D eigenvalue weighted by atomic mass is 32.1. The molecule has 0 radical (unpaired) electrons. The monoisotopic (exact) mass is 237 g/mol. The first kappa shape index (κ1) is 10.9. The van der Waals surface area contributed by atoms with E-state index < -0.39 is 0 Å². The van der Waals surface area contributed by atoms with Crippen LogP contribution < -0.4 is 5.32 Å². The van der Waals surface area contributed by atoms with E-state index >= 15 is 0 Å². The van der Waals surface area contributed by atoms with E-state index in [1.165, 1.54) is 16.0 Å². The fraction of sp³-hybridized carbons (Fsp3) is 0.333. The average Bonchev–Trinajstić information content (AvgIpc) is 2.85. The molecular formula is C12H15NS2. The maximum atomic E-state index is 3.48. The summed E-state index contributed by atoms with van der Waals surface area (Å²) in [5.41, 5.74) is 2.84. The van der Waals surface area contributed by atoms with E-state index in [9.17, 15) is 0 Å². The Morgan fingerprint density at radius 1 is 1.33 bits per heavy atom. The van der Waals surface area contributed by atoms with E-state index in [2.05, 4.69) is 40.5 Å². The highest BCUT2D eigenvalue weighted by Gasteiger charge is 1.98. The van der Waals surface area contributed by atoms with E-state index in [0.717, 1.165) is 19.5 Å². The van der Waals surface area contributed by atoms with Gasteiger partial charge in [0.05, 0.1) is 0 Å². The van der Waals surface area contributed by atoms with Gasteiger partial charge in [0.15, 0.2) is 0 Å². The molecule has 0 aliphatic heterocycles. The molecule has 0 aliphatic rings. The molecule has 0 fully saturated rings. The van der Waals surface area contributed by atoms with Gasteiger partial charge in [0.25, 0.3) is 0 Å². The van der Waals surface area contributed by atoms with Crippen molar-refractivity contribution in [3.8, 4) is 0 Å². The minimum absolute atomic E-state index is 1.00. The molecule has 2 aromatic heterocycles. The Labute approximate surface area is 98.8 Å². The summed E-state index contributed by atoms with van der Waals surface area (Å²) in [5.74, 6) is 0. The molecule has 3 heteroatoms. The van der Waals surface area contributed by atoms with Gasteiger partial charge in [-0.05, 0) is 46.7 Å². The summed E-state index contributed by atoms with van der Waals surface area (Å²) in [7, 11) is 0. The molecule has 0 saturated heterocycles. The SMILES string of the molecule is Cc1cscc1CNCCc1cccs1. The van der Waals surface area contributed by atoms with E-state index in [1.807, 2.05) is 11.3 Å². The maximum Gasteiger partial charge on any atom is 0.0216 e. The first-order valence-corrected chi connectivity index (χ1v) is 6.93. The van der Waals surface area contributed by atoms with Gasteiger partial charge in [-0.15, -0.1) is 11.3 Å². The first-order chi connectivity index (χ1) is 7.36. The van der Waals surface area contributed by atoms with Crippen LogP contribution in [0.5, 0.6) is 0 Å². The minimum atomic E-state index is 1.00. The summed E-state index contributed by atoms with van der Waals surface area (Å²) in [6.45, 7) is 4.24. The Balaban J connectivity index is 1.70. The lowest BCUT2D eigenvalue weighted by atomic mass is 10.2. The van der Waals surface area contributed by atoms with Gasteiger partial charge in [-0.25, -0.2) is 0 Å². The predicted molar refractivity (Wildman–Crippen MR) is 68.8 cm³/mol. The standard InChI is InChI=1S/C12H15NS2/c1-10-8-14-9-11(10)7-13-5-4-12-3-2-6-15-12/h2-3,6,8-9,13H,4-5,7H2,1H3. The number of hydrogen-bond donors (Lipinski definition) is 1. The van der Waals surface area contributed by atoms with Crippen molar-refractivity contribution in [2.24, 2.45) is 0 Å². The Hall–Kier alpha value is -0.640. The lowest BCUT2D eigenvalue weighted by molar-refractivity contribution is 0.690. The fourth-order valence-corrected chi connectivity index (χ4v) is 3.02. The molecule has 2 aromatic rings. The van der Waals surface area contributed by atoms with Crippen molar-refractivity contribution in [3.63, 3.8) is 0 Å². The third-order valence-corrected chi connectivity index (χ3v) is 4.25. The third kappa shape index (κ3) is 3.16. The van der Waals surface area contributed by atoms with Crippen molar-refractivity contribution in [2.45, 2.75) is 19.9 Å². The quantitative estimate of drug-likeness (QED) is 0.785. The van der Waals surface area contributed by atoms with E-state index in [-0.39, 0.29) is 0 Å². The predicted octanol–water partition coefficient (Wildman–Crippen LogP) is 3.45. The van der Waals surface area contributed by atoms with Crippen LogP contribution in [0.2, 0.25) is 0 Å². The van der Waals surface area contributed by atoms with Gasteiger partial charge in [-0.1, -0.05) is 6.07 Å². The van der Waals surface area contributed by atoms with Crippen LogP contribution in [0.15, 0.2) is 28.3 Å². The molecule has 2 heterocycles. The van der Waals surface area contributed by atoms with Crippen molar-refractivity contribution in [1.29, 1.82) is 0 Å². The molecule has 80 valence electrons. The molecule has 2 rings (SSSR count). The molecule has 15 heavy (non-hydrogen) atoms. The normalized spacial score (nSPS) is 10.7. The smallest absolute Gasteiger partial charge is 0.0216 e. The van der Waals surface area contributed by atoms with Gasteiger partial charge in [-0.2, -0.15) is 11.3 Å². The molecular weight excluding hydrogens is 222 g/mol. The molecule has 0 amide bonds. The number of hydrogen-bond acceptors (Lipinski definition) is 3. The third-order valence-electron chi connectivity index (χ3n) is 2.41. The molecule has 0 bridgehead atoms.